The van der Waals surface area contributed by atoms with Crippen LogP contribution in [0.2, 0.25) is 0 Å². The largest absolute Gasteiger partial charge is 0.497 e. The molecule has 2 aromatic carbocycles. The number of fused-ring (bicyclic) bond motifs is 1. The number of thiazole rings is 1. The van der Waals surface area contributed by atoms with Crippen molar-refractivity contribution < 1.29 is 22.4 Å². The second-order valence-corrected chi connectivity index (χ2v) is 11.8. The third kappa shape index (κ3) is 4.88. The summed E-state index contributed by atoms with van der Waals surface area (Å²) in [7, 11) is -2.21. The number of methoxy groups -OCH3 is 1. The third-order valence-electron chi connectivity index (χ3n) is 6.35. The number of rotatable bonds is 7. The first-order valence-electron chi connectivity index (χ1n) is 11.7. The Morgan fingerprint density at radius 3 is 2.75 bits per heavy atom. The number of benzene rings is 2. The van der Waals surface area contributed by atoms with E-state index in [9.17, 15) is 13.2 Å². The summed E-state index contributed by atoms with van der Waals surface area (Å²) in [6.45, 7) is 2.74. The van der Waals surface area contributed by atoms with Gasteiger partial charge in [0.15, 0.2) is 5.13 Å². The molecule has 1 aliphatic heterocycles. The molecule has 10 heteroatoms. The van der Waals surface area contributed by atoms with Crippen LogP contribution in [0.3, 0.4) is 0 Å². The Morgan fingerprint density at radius 2 is 2.03 bits per heavy atom. The smallest absolute Gasteiger partial charge is 0.243 e. The summed E-state index contributed by atoms with van der Waals surface area (Å²) < 4.78 is 39.8. The molecular formula is C26H27N3O5S2. The Hall–Kier alpha value is -3.21. The SMILES string of the molecule is COc1ccc(S(=O)(=O)N2CCCC(C(=O)N(Cc3ccco3)c3nc4ccc(C)cc4s3)C2)cc1. The summed E-state index contributed by atoms with van der Waals surface area (Å²) in [5.74, 6) is 0.574. The van der Waals surface area contributed by atoms with Crippen molar-refractivity contribution >= 4 is 42.6 Å². The van der Waals surface area contributed by atoms with E-state index in [1.807, 2.05) is 25.1 Å². The number of furan rings is 1. The van der Waals surface area contributed by atoms with Gasteiger partial charge in [-0.1, -0.05) is 17.4 Å². The number of piperidine rings is 1. The van der Waals surface area contributed by atoms with Crippen molar-refractivity contribution in [2.45, 2.75) is 31.2 Å². The number of aryl methyl sites for hydroxylation is 1. The highest BCUT2D eigenvalue weighted by molar-refractivity contribution is 7.89. The van der Waals surface area contributed by atoms with Crippen molar-refractivity contribution in [1.29, 1.82) is 0 Å². The van der Waals surface area contributed by atoms with Crippen LogP contribution in [0.1, 0.15) is 24.2 Å². The van der Waals surface area contributed by atoms with Crippen LogP contribution in [0, 0.1) is 12.8 Å². The molecule has 2 aromatic heterocycles. The third-order valence-corrected chi connectivity index (χ3v) is 9.27. The number of aromatic nitrogens is 1. The number of amides is 1. The van der Waals surface area contributed by atoms with Gasteiger partial charge in [0.2, 0.25) is 15.9 Å². The Balaban J connectivity index is 1.42. The normalized spacial score (nSPS) is 16.8. The summed E-state index contributed by atoms with van der Waals surface area (Å²) in [4.78, 5) is 20.4. The van der Waals surface area contributed by atoms with Crippen LogP contribution < -0.4 is 9.64 Å². The molecule has 1 unspecified atom stereocenters. The maximum absolute atomic E-state index is 13.9. The second kappa shape index (κ2) is 10.0. The van der Waals surface area contributed by atoms with E-state index in [-0.39, 0.29) is 23.9 Å². The maximum atomic E-state index is 13.9. The number of hydrogen-bond acceptors (Lipinski definition) is 7. The maximum Gasteiger partial charge on any atom is 0.243 e. The lowest BCUT2D eigenvalue weighted by atomic mass is 9.98. The van der Waals surface area contributed by atoms with Crippen LogP contribution in [0.4, 0.5) is 5.13 Å². The molecule has 0 bridgehead atoms. The van der Waals surface area contributed by atoms with E-state index in [0.29, 0.717) is 36.0 Å². The molecule has 1 fully saturated rings. The molecular weight excluding hydrogens is 498 g/mol. The van der Waals surface area contributed by atoms with E-state index in [4.69, 9.17) is 14.1 Å². The van der Waals surface area contributed by atoms with Gasteiger partial charge in [-0.3, -0.25) is 9.69 Å². The standard InChI is InChI=1S/C26H27N3O5S2/c1-18-7-12-23-24(15-18)35-26(27-23)29(17-21-6-4-14-34-21)25(30)19-5-3-13-28(16-19)36(31,32)22-10-8-20(33-2)9-11-22/h4,6-12,14-15,19H,3,5,13,16-17H2,1-2H3. The zero-order valence-corrected chi connectivity index (χ0v) is 21.7. The van der Waals surface area contributed by atoms with Crippen molar-refractivity contribution in [1.82, 2.24) is 9.29 Å². The lowest BCUT2D eigenvalue weighted by molar-refractivity contribution is -0.123. The number of carbonyl (C=O) groups excluding carboxylic acids is 1. The number of anilines is 1. The van der Waals surface area contributed by atoms with Crippen molar-refractivity contribution in [3.63, 3.8) is 0 Å². The van der Waals surface area contributed by atoms with Crippen LogP contribution in [0.5, 0.6) is 5.75 Å². The van der Waals surface area contributed by atoms with Crippen LogP contribution in [-0.2, 0) is 21.4 Å². The molecule has 5 rings (SSSR count). The minimum atomic E-state index is -3.74. The summed E-state index contributed by atoms with van der Waals surface area (Å²) in [5.41, 5.74) is 1.94. The van der Waals surface area contributed by atoms with Crippen LogP contribution in [-0.4, -0.2) is 43.8 Å². The first kappa shape index (κ1) is 24.5. The fraction of sp³-hybridized carbons (Fsp3) is 0.308. The zero-order valence-electron chi connectivity index (χ0n) is 20.1. The number of carbonyl (C=O) groups is 1. The Bertz CT molecular complexity index is 1460. The van der Waals surface area contributed by atoms with Gasteiger partial charge in [-0.25, -0.2) is 13.4 Å². The van der Waals surface area contributed by atoms with Gasteiger partial charge in [0.25, 0.3) is 0 Å². The van der Waals surface area contributed by atoms with Gasteiger partial charge in [0, 0.05) is 13.1 Å². The first-order chi connectivity index (χ1) is 17.3. The lowest BCUT2D eigenvalue weighted by Gasteiger charge is -2.33. The summed E-state index contributed by atoms with van der Waals surface area (Å²) >= 11 is 1.45. The molecule has 3 heterocycles. The van der Waals surface area contributed by atoms with E-state index in [1.54, 1.807) is 29.4 Å². The topological polar surface area (TPSA) is 93.0 Å². The molecule has 1 aliphatic rings. The molecule has 188 valence electrons. The fourth-order valence-corrected chi connectivity index (χ4v) is 7.01. The summed E-state index contributed by atoms with van der Waals surface area (Å²) in [6, 6.07) is 15.9. The number of sulfonamides is 1. The van der Waals surface area contributed by atoms with E-state index < -0.39 is 15.9 Å². The number of ether oxygens (including phenoxy) is 1. The van der Waals surface area contributed by atoms with Crippen LogP contribution in [0.15, 0.2) is 70.2 Å². The Kier molecular flexibility index (Phi) is 6.83. The Labute approximate surface area is 214 Å². The van der Waals surface area contributed by atoms with Crippen molar-refractivity contribution in [2.75, 3.05) is 25.1 Å². The molecule has 0 radical (unpaired) electrons. The van der Waals surface area contributed by atoms with Gasteiger partial charge < -0.3 is 9.15 Å². The molecule has 4 aromatic rings. The van der Waals surface area contributed by atoms with E-state index in [0.717, 1.165) is 15.8 Å². The van der Waals surface area contributed by atoms with Gasteiger partial charge in [0.05, 0.1) is 40.9 Å². The van der Waals surface area contributed by atoms with Crippen LogP contribution in [0.25, 0.3) is 10.2 Å². The molecule has 0 aliphatic carbocycles. The lowest BCUT2D eigenvalue weighted by Crippen LogP contribution is -2.46. The molecule has 1 saturated heterocycles. The minimum absolute atomic E-state index is 0.117. The van der Waals surface area contributed by atoms with Gasteiger partial charge in [0.1, 0.15) is 11.5 Å². The van der Waals surface area contributed by atoms with E-state index in [2.05, 4.69) is 6.07 Å². The molecule has 0 saturated carbocycles. The van der Waals surface area contributed by atoms with Gasteiger partial charge in [-0.15, -0.1) is 0 Å². The molecule has 1 atom stereocenters. The first-order valence-corrected chi connectivity index (χ1v) is 14.0. The van der Waals surface area contributed by atoms with Gasteiger partial charge in [-0.2, -0.15) is 4.31 Å². The van der Waals surface area contributed by atoms with Crippen molar-refractivity contribution in [3.8, 4) is 5.75 Å². The molecule has 1 amide bonds. The Morgan fingerprint density at radius 1 is 1.22 bits per heavy atom. The average Bonchev–Trinajstić information content (AvgIpc) is 3.56. The van der Waals surface area contributed by atoms with Gasteiger partial charge in [-0.05, 0) is 73.9 Å². The van der Waals surface area contributed by atoms with Crippen LogP contribution >= 0.6 is 11.3 Å². The summed E-state index contributed by atoms with van der Waals surface area (Å²) in [6.07, 6.45) is 2.77. The minimum Gasteiger partial charge on any atom is -0.497 e. The predicted octanol–water partition coefficient (Wildman–Crippen LogP) is 4.84. The fourth-order valence-electron chi connectivity index (χ4n) is 4.41. The van der Waals surface area contributed by atoms with Crippen molar-refractivity contribution in [2.24, 2.45) is 5.92 Å². The quantitative estimate of drug-likeness (QED) is 0.343. The molecule has 8 nitrogen and oxygen atoms in total. The van der Waals surface area contributed by atoms with E-state index >= 15 is 0 Å². The summed E-state index contributed by atoms with van der Waals surface area (Å²) in [5, 5.41) is 0.576. The molecule has 0 N–H and O–H groups in total. The number of nitrogens with zero attached hydrogens (tertiary/aromatic N) is 3. The zero-order chi connectivity index (χ0) is 25.3. The highest BCUT2D eigenvalue weighted by Crippen LogP contribution is 2.33. The van der Waals surface area contributed by atoms with Crippen molar-refractivity contribution in [3.05, 3.63) is 72.2 Å². The average molecular weight is 526 g/mol. The molecule has 36 heavy (non-hydrogen) atoms. The molecule has 0 spiro atoms. The highest BCUT2D eigenvalue weighted by atomic mass is 32.2. The predicted molar refractivity (Wildman–Crippen MR) is 139 cm³/mol. The van der Waals surface area contributed by atoms with E-state index in [1.165, 1.54) is 34.9 Å². The number of hydrogen-bond donors (Lipinski definition) is 0. The highest BCUT2D eigenvalue weighted by Gasteiger charge is 2.36. The second-order valence-electron chi connectivity index (χ2n) is 8.85. The van der Waals surface area contributed by atoms with Gasteiger partial charge >= 0.3 is 0 Å². The monoisotopic (exact) mass is 525 g/mol.